The summed E-state index contributed by atoms with van der Waals surface area (Å²) in [5.41, 5.74) is -1.40. The topological polar surface area (TPSA) is 46.6 Å². The van der Waals surface area contributed by atoms with Gasteiger partial charge in [-0.05, 0) is 65.6 Å². The van der Waals surface area contributed by atoms with E-state index < -0.39 is 15.6 Å². The number of fused-ring (bicyclic) bond motifs is 1. The normalized spacial score (nSPS) is 12.3. The van der Waals surface area contributed by atoms with Crippen molar-refractivity contribution in [2.75, 3.05) is 7.05 Å². The molecule has 4 rings (SSSR count). The molecule has 188 valence electrons. The van der Waals surface area contributed by atoms with Crippen molar-refractivity contribution in [3.63, 3.8) is 0 Å². The number of halogens is 3. The Bertz CT molecular complexity index is 1500. The molecule has 0 aromatic heterocycles. The average Bonchev–Trinajstić information content (AvgIpc) is 2.79. The molecule has 0 saturated carbocycles. The van der Waals surface area contributed by atoms with Crippen LogP contribution < -0.4 is 4.18 Å². The molecule has 4 aromatic carbocycles. The number of nitrogens with zero attached hydrogens (tertiary/aromatic N) is 1. The Balaban J connectivity index is 1.89. The molecular formula is C28H26F3NO3S. The SMILES string of the molecule is Cc1cc(C)c(-c2c(CN(C)Cc3ccccc3)ccc3ccccc23)c(OS(=O)(=O)C(F)(F)F)c1. The van der Waals surface area contributed by atoms with Crippen molar-refractivity contribution in [3.8, 4) is 16.9 Å². The largest absolute Gasteiger partial charge is 0.534 e. The molecule has 0 unspecified atom stereocenters. The van der Waals surface area contributed by atoms with Crippen LogP contribution in [0, 0.1) is 13.8 Å². The maximum absolute atomic E-state index is 13.2. The van der Waals surface area contributed by atoms with Crippen LogP contribution in [-0.4, -0.2) is 25.9 Å². The highest BCUT2D eigenvalue weighted by molar-refractivity contribution is 7.88. The van der Waals surface area contributed by atoms with Gasteiger partial charge in [0.1, 0.15) is 0 Å². The molecule has 8 heteroatoms. The van der Waals surface area contributed by atoms with Crippen LogP contribution in [0.2, 0.25) is 0 Å². The Morgan fingerprint density at radius 1 is 0.833 bits per heavy atom. The van der Waals surface area contributed by atoms with E-state index in [0.29, 0.717) is 35.3 Å². The second-order valence-electron chi connectivity index (χ2n) is 8.92. The zero-order chi connectivity index (χ0) is 26.1. The number of aryl methyl sites for hydroxylation is 2. The van der Waals surface area contributed by atoms with Gasteiger partial charge in [-0.15, -0.1) is 0 Å². The molecule has 0 radical (unpaired) electrons. The van der Waals surface area contributed by atoms with Crippen molar-refractivity contribution in [2.24, 2.45) is 0 Å². The van der Waals surface area contributed by atoms with Crippen molar-refractivity contribution in [1.82, 2.24) is 4.90 Å². The van der Waals surface area contributed by atoms with Crippen LogP contribution in [0.1, 0.15) is 22.3 Å². The highest BCUT2D eigenvalue weighted by atomic mass is 32.2. The molecule has 0 saturated heterocycles. The van der Waals surface area contributed by atoms with E-state index in [0.717, 1.165) is 21.9 Å². The minimum atomic E-state index is -5.86. The minimum absolute atomic E-state index is 0.327. The summed E-state index contributed by atoms with van der Waals surface area (Å²) in [6.45, 7) is 4.57. The van der Waals surface area contributed by atoms with Crippen molar-refractivity contribution in [1.29, 1.82) is 0 Å². The van der Waals surface area contributed by atoms with Gasteiger partial charge in [-0.1, -0.05) is 72.8 Å². The maximum Gasteiger partial charge on any atom is 0.534 e. The van der Waals surface area contributed by atoms with Gasteiger partial charge >= 0.3 is 15.6 Å². The van der Waals surface area contributed by atoms with Gasteiger partial charge in [0.15, 0.2) is 5.75 Å². The zero-order valence-electron chi connectivity index (χ0n) is 20.1. The smallest absolute Gasteiger partial charge is 0.375 e. The molecule has 0 spiro atoms. The second-order valence-corrected chi connectivity index (χ2v) is 10.5. The molecule has 0 atom stereocenters. The summed E-state index contributed by atoms with van der Waals surface area (Å²) in [5, 5.41) is 1.68. The van der Waals surface area contributed by atoms with Crippen molar-refractivity contribution < 1.29 is 25.8 Å². The molecule has 36 heavy (non-hydrogen) atoms. The third-order valence-electron chi connectivity index (χ3n) is 5.93. The second kappa shape index (κ2) is 9.95. The van der Waals surface area contributed by atoms with E-state index in [4.69, 9.17) is 4.18 Å². The van der Waals surface area contributed by atoms with E-state index >= 15 is 0 Å². The van der Waals surface area contributed by atoms with Crippen LogP contribution >= 0.6 is 0 Å². The Hall–Kier alpha value is -3.36. The number of hydrogen-bond donors (Lipinski definition) is 0. The lowest BCUT2D eigenvalue weighted by atomic mass is 9.89. The molecule has 0 bridgehead atoms. The molecule has 0 N–H and O–H groups in total. The Kier molecular flexibility index (Phi) is 7.11. The highest BCUT2D eigenvalue weighted by Crippen LogP contribution is 2.42. The van der Waals surface area contributed by atoms with Gasteiger partial charge in [-0.25, -0.2) is 0 Å². The third kappa shape index (κ3) is 5.39. The van der Waals surface area contributed by atoms with Crippen molar-refractivity contribution >= 4 is 20.9 Å². The first-order valence-corrected chi connectivity index (χ1v) is 12.7. The van der Waals surface area contributed by atoms with Gasteiger partial charge in [0, 0.05) is 18.7 Å². The Morgan fingerprint density at radius 2 is 1.50 bits per heavy atom. The third-order valence-corrected chi connectivity index (χ3v) is 6.89. The number of alkyl halides is 3. The van der Waals surface area contributed by atoms with Gasteiger partial charge < -0.3 is 4.18 Å². The number of rotatable bonds is 7. The summed E-state index contributed by atoms with van der Waals surface area (Å²) in [5.74, 6) is -0.340. The minimum Gasteiger partial charge on any atom is -0.375 e. The lowest BCUT2D eigenvalue weighted by Crippen LogP contribution is -2.28. The van der Waals surface area contributed by atoms with E-state index in [9.17, 15) is 21.6 Å². The Labute approximate surface area is 209 Å². The molecule has 0 aliphatic heterocycles. The molecule has 4 aromatic rings. The molecule has 0 aliphatic carbocycles. The number of benzene rings is 4. The van der Waals surface area contributed by atoms with Crippen LogP contribution in [-0.2, 0) is 23.2 Å². The number of hydrogen-bond acceptors (Lipinski definition) is 4. The summed E-state index contributed by atoms with van der Waals surface area (Å²) >= 11 is 0. The monoisotopic (exact) mass is 513 g/mol. The van der Waals surface area contributed by atoms with E-state index in [1.54, 1.807) is 13.8 Å². The van der Waals surface area contributed by atoms with Crippen LogP contribution in [0.3, 0.4) is 0 Å². The lowest BCUT2D eigenvalue weighted by Gasteiger charge is -2.23. The fraction of sp³-hybridized carbons (Fsp3) is 0.214. The van der Waals surface area contributed by atoms with E-state index in [1.807, 2.05) is 79.8 Å². The van der Waals surface area contributed by atoms with Gasteiger partial charge in [-0.3, -0.25) is 4.90 Å². The van der Waals surface area contributed by atoms with Crippen molar-refractivity contribution in [3.05, 3.63) is 101 Å². The van der Waals surface area contributed by atoms with Gasteiger partial charge in [0.2, 0.25) is 0 Å². The summed E-state index contributed by atoms with van der Waals surface area (Å²) in [4.78, 5) is 2.10. The first-order valence-electron chi connectivity index (χ1n) is 11.3. The Morgan fingerprint density at radius 3 is 2.19 bits per heavy atom. The van der Waals surface area contributed by atoms with E-state index in [1.165, 1.54) is 6.07 Å². The fourth-order valence-corrected chi connectivity index (χ4v) is 4.93. The first kappa shape index (κ1) is 25.7. The van der Waals surface area contributed by atoms with E-state index in [2.05, 4.69) is 4.90 Å². The quantitative estimate of drug-likeness (QED) is 0.198. The summed E-state index contributed by atoms with van der Waals surface area (Å²) in [6, 6.07) is 24.5. The zero-order valence-corrected chi connectivity index (χ0v) is 21.0. The van der Waals surface area contributed by atoms with Crippen LogP contribution in [0.5, 0.6) is 5.75 Å². The molecule has 0 aliphatic rings. The predicted octanol–water partition coefficient (Wildman–Crippen LogP) is 6.98. The lowest BCUT2D eigenvalue weighted by molar-refractivity contribution is -0.0499. The average molecular weight is 514 g/mol. The summed E-state index contributed by atoms with van der Waals surface area (Å²) in [6.07, 6.45) is 0. The molecular weight excluding hydrogens is 487 g/mol. The van der Waals surface area contributed by atoms with Gasteiger partial charge in [-0.2, -0.15) is 21.6 Å². The van der Waals surface area contributed by atoms with Crippen molar-refractivity contribution in [2.45, 2.75) is 32.4 Å². The predicted molar refractivity (Wildman–Crippen MR) is 136 cm³/mol. The van der Waals surface area contributed by atoms with Crippen LogP contribution in [0.4, 0.5) is 13.2 Å². The van der Waals surface area contributed by atoms with Gasteiger partial charge in [0.05, 0.1) is 0 Å². The fourth-order valence-electron chi connectivity index (χ4n) is 4.47. The van der Waals surface area contributed by atoms with Crippen LogP contribution in [0.15, 0.2) is 78.9 Å². The molecule has 4 nitrogen and oxygen atoms in total. The molecule has 0 amide bonds. The summed E-state index contributed by atoms with van der Waals surface area (Å²) in [7, 11) is -3.90. The van der Waals surface area contributed by atoms with Crippen LogP contribution in [0.25, 0.3) is 21.9 Å². The maximum atomic E-state index is 13.2. The first-order chi connectivity index (χ1) is 17.0. The highest BCUT2D eigenvalue weighted by Gasteiger charge is 2.49. The molecule has 0 fully saturated rings. The van der Waals surface area contributed by atoms with Gasteiger partial charge in [0.25, 0.3) is 0 Å². The molecule has 0 heterocycles. The van der Waals surface area contributed by atoms with E-state index in [-0.39, 0.29) is 5.75 Å². The summed E-state index contributed by atoms with van der Waals surface area (Å²) < 4.78 is 68.5. The standard InChI is InChI=1S/C28H26F3NO3S/c1-19-15-20(2)26(25(16-19)35-36(33,34)28(29,30)31)27-23(14-13-22-11-7-8-12-24(22)27)18-32(3)17-21-9-5-4-6-10-21/h4-16H,17-18H2,1-3H3.